The van der Waals surface area contributed by atoms with Gasteiger partial charge in [-0.25, -0.2) is 4.98 Å². The molecule has 140 valence electrons. The van der Waals surface area contributed by atoms with Crippen molar-refractivity contribution >= 4 is 5.91 Å². The van der Waals surface area contributed by atoms with Crippen LogP contribution in [-0.2, 0) is 17.9 Å². The van der Waals surface area contributed by atoms with Crippen LogP contribution in [-0.4, -0.2) is 70.0 Å². The van der Waals surface area contributed by atoms with E-state index in [1.807, 2.05) is 36.0 Å². The lowest BCUT2D eigenvalue weighted by atomic mass is 10.0. The molecule has 2 aromatic rings. The van der Waals surface area contributed by atoms with E-state index in [0.29, 0.717) is 12.5 Å². The van der Waals surface area contributed by atoms with Crippen LogP contribution in [0.15, 0.2) is 36.8 Å². The molecule has 1 amide bonds. The molecule has 1 N–H and O–H groups in total. The number of carbonyl (C=O) groups excluding carboxylic acids is 1. The highest BCUT2D eigenvalue weighted by Gasteiger charge is 2.34. The van der Waals surface area contributed by atoms with Crippen LogP contribution in [0.5, 0.6) is 0 Å². The predicted molar refractivity (Wildman–Crippen MR) is 100 cm³/mol. The van der Waals surface area contributed by atoms with Crippen molar-refractivity contribution in [3.05, 3.63) is 48.3 Å². The zero-order chi connectivity index (χ0) is 18.5. The summed E-state index contributed by atoms with van der Waals surface area (Å²) >= 11 is 0. The van der Waals surface area contributed by atoms with Crippen molar-refractivity contribution in [3.8, 4) is 0 Å². The number of hydrogen-bond donors (Lipinski definition) is 1. The number of nitrogens with one attached hydrogen (secondary N) is 1. The largest absolute Gasteiger partial charge is 0.350 e. The Balaban J connectivity index is 1.61. The van der Waals surface area contributed by atoms with E-state index in [0.717, 1.165) is 37.7 Å². The number of hydrogen-bond acceptors (Lipinski definition) is 5. The second-order valence-electron chi connectivity index (χ2n) is 7.31. The fraction of sp³-hybridized carbons (Fsp3) is 0.526. The van der Waals surface area contributed by atoms with E-state index in [1.54, 1.807) is 6.20 Å². The Bertz CT molecular complexity index is 714. The average molecular weight is 356 g/mol. The minimum atomic E-state index is 0.0412. The van der Waals surface area contributed by atoms with Crippen molar-refractivity contribution in [1.82, 2.24) is 29.7 Å². The molecule has 0 saturated carbocycles. The summed E-state index contributed by atoms with van der Waals surface area (Å²) in [7, 11) is 4.16. The van der Waals surface area contributed by atoms with Crippen LogP contribution >= 0.6 is 0 Å². The highest BCUT2D eigenvalue weighted by Crippen LogP contribution is 2.20. The third-order valence-corrected chi connectivity index (χ3v) is 4.81. The molecule has 3 heterocycles. The molecule has 0 aliphatic carbocycles. The van der Waals surface area contributed by atoms with Crippen molar-refractivity contribution < 1.29 is 4.79 Å². The zero-order valence-corrected chi connectivity index (χ0v) is 15.8. The van der Waals surface area contributed by atoms with Crippen LogP contribution < -0.4 is 5.32 Å². The topological polar surface area (TPSA) is 66.3 Å². The Morgan fingerprint density at radius 1 is 1.27 bits per heavy atom. The summed E-state index contributed by atoms with van der Waals surface area (Å²) in [5.74, 6) is 1.30. The first kappa shape index (κ1) is 18.5. The summed E-state index contributed by atoms with van der Waals surface area (Å²) in [4.78, 5) is 25.7. The lowest BCUT2D eigenvalue weighted by Gasteiger charge is -2.23. The number of aryl methyl sites for hydroxylation is 1. The van der Waals surface area contributed by atoms with E-state index in [9.17, 15) is 4.79 Å². The molecule has 7 nitrogen and oxygen atoms in total. The molecule has 1 aliphatic heterocycles. The summed E-state index contributed by atoms with van der Waals surface area (Å²) in [6.45, 7) is 5.81. The quantitative estimate of drug-likeness (QED) is 0.794. The number of carbonyl (C=O) groups is 1. The summed E-state index contributed by atoms with van der Waals surface area (Å²) < 4.78 is 1.87. The van der Waals surface area contributed by atoms with E-state index in [1.165, 1.54) is 0 Å². The van der Waals surface area contributed by atoms with E-state index < -0.39 is 0 Å². The molecule has 1 aliphatic rings. The van der Waals surface area contributed by atoms with E-state index in [-0.39, 0.29) is 11.9 Å². The third kappa shape index (κ3) is 4.89. The van der Waals surface area contributed by atoms with Gasteiger partial charge in [0.2, 0.25) is 5.91 Å². The molecule has 2 aromatic heterocycles. The van der Waals surface area contributed by atoms with Crippen LogP contribution in [0.1, 0.15) is 11.5 Å². The molecular formula is C19H28N6O. The van der Waals surface area contributed by atoms with E-state index in [2.05, 4.69) is 45.2 Å². The maximum absolute atomic E-state index is 12.5. The van der Waals surface area contributed by atoms with Crippen molar-refractivity contribution in [2.45, 2.75) is 26.1 Å². The molecule has 0 unspecified atom stereocenters. The van der Waals surface area contributed by atoms with E-state index in [4.69, 9.17) is 0 Å². The van der Waals surface area contributed by atoms with Crippen LogP contribution in [0.2, 0.25) is 0 Å². The molecule has 1 saturated heterocycles. The maximum atomic E-state index is 12.5. The lowest BCUT2D eigenvalue weighted by Crippen LogP contribution is -2.44. The number of likely N-dealkylation sites (tertiary alicyclic amines) is 1. The van der Waals surface area contributed by atoms with Crippen LogP contribution in [0.25, 0.3) is 0 Å². The standard InChI is InChI=1S/C19H28N6O/c1-15-20-8-9-25(15)14-19(26)22-18-13-24(11-16(18)10-23(2)3)12-17-6-4-5-7-21-17/h4-9,16,18H,10-14H2,1-3H3,(H,22,26)/t16-,18-/m1/s1. The Labute approximate surface area is 155 Å². The van der Waals surface area contributed by atoms with Crippen molar-refractivity contribution in [2.75, 3.05) is 33.7 Å². The normalized spacial score (nSPS) is 20.6. The van der Waals surface area contributed by atoms with Gasteiger partial charge in [-0.2, -0.15) is 0 Å². The molecule has 2 atom stereocenters. The van der Waals surface area contributed by atoms with Gasteiger partial charge in [-0.15, -0.1) is 0 Å². The lowest BCUT2D eigenvalue weighted by molar-refractivity contribution is -0.122. The summed E-state index contributed by atoms with van der Waals surface area (Å²) in [6.07, 6.45) is 5.39. The number of aromatic nitrogens is 3. The smallest absolute Gasteiger partial charge is 0.240 e. The fourth-order valence-electron chi connectivity index (χ4n) is 3.61. The van der Waals surface area contributed by atoms with Crippen LogP contribution in [0, 0.1) is 12.8 Å². The summed E-state index contributed by atoms with van der Waals surface area (Å²) in [5.41, 5.74) is 1.07. The second kappa shape index (κ2) is 8.42. The first-order chi connectivity index (χ1) is 12.5. The summed E-state index contributed by atoms with van der Waals surface area (Å²) in [6, 6.07) is 6.15. The van der Waals surface area contributed by atoms with Gasteiger partial charge in [0.15, 0.2) is 0 Å². The molecule has 26 heavy (non-hydrogen) atoms. The van der Waals surface area contributed by atoms with Gasteiger partial charge in [0.25, 0.3) is 0 Å². The van der Waals surface area contributed by atoms with Crippen molar-refractivity contribution in [1.29, 1.82) is 0 Å². The minimum Gasteiger partial charge on any atom is -0.350 e. The van der Waals surface area contributed by atoms with Crippen LogP contribution in [0.3, 0.4) is 0 Å². The molecule has 7 heteroatoms. The number of nitrogens with zero attached hydrogens (tertiary/aromatic N) is 5. The summed E-state index contributed by atoms with van der Waals surface area (Å²) in [5, 5.41) is 3.24. The zero-order valence-electron chi connectivity index (χ0n) is 15.8. The number of imidazole rings is 1. The molecule has 0 aromatic carbocycles. The van der Waals surface area contributed by atoms with Gasteiger partial charge >= 0.3 is 0 Å². The van der Waals surface area contributed by atoms with Crippen LogP contribution in [0.4, 0.5) is 0 Å². The Morgan fingerprint density at radius 2 is 2.12 bits per heavy atom. The van der Waals surface area contributed by atoms with E-state index >= 15 is 0 Å². The Kier molecular flexibility index (Phi) is 6.00. The van der Waals surface area contributed by atoms with Crippen molar-refractivity contribution in [3.63, 3.8) is 0 Å². The highest BCUT2D eigenvalue weighted by atomic mass is 16.2. The average Bonchev–Trinajstić information content (AvgIpc) is 3.14. The Morgan fingerprint density at radius 3 is 2.77 bits per heavy atom. The molecule has 1 fully saturated rings. The van der Waals surface area contributed by atoms with Gasteiger partial charge in [-0.3, -0.25) is 14.7 Å². The minimum absolute atomic E-state index is 0.0412. The Hall–Kier alpha value is -2.25. The first-order valence-corrected chi connectivity index (χ1v) is 9.05. The SMILES string of the molecule is Cc1nccn1CC(=O)N[C@@H]1CN(Cc2ccccn2)C[C@H]1CN(C)C. The molecular weight excluding hydrogens is 328 g/mol. The third-order valence-electron chi connectivity index (χ3n) is 4.81. The van der Waals surface area contributed by atoms with Gasteiger partial charge in [-0.05, 0) is 33.2 Å². The monoisotopic (exact) mass is 356 g/mol. The van der Waals surface area contributed by atoms with Gasteiger partial charge in [0.05, 0.1) is 5.69 Å². The van der Waals surface area contributed by atoms with Gasteiger partial charge in [0, 0.05) is 56.7 Å². The number of pyridine rings is 1. The molecule has 0 spiro atoms. The molecule has 0 radical (unpaired) electrons. The number of amides is 1. The second-order valence-corrected chi connectivity index (χ2v) is 7.31. The fourth-order valence-corrected chi connectivity index (χ4v) is 3.61. The van der Waals surface area contributed by atoms with Gasteiger partial charge in [0.1, 0.15) is 12.4 Å². The first-order valence-electron chi connectivity index (χ1n) is 9.05. The molecule has 3 rings (SSSR count). The molecule has 0 bridgehead atoms. The highest BCUT2D eigenvalue weighted by molar-refractivity contribution is 5.76. The van der Waals surface area contributed by atoms with Crippen molar-refractivity contribution in [2.24, 2.45) is 5.92 Å². The van der Waals surface area contributed by atoms with Gasteiger partial charge in [-0.1, -0.05) is 6.07 Å². The maximum Gasteiger partial charge on any atom is 0.240 e. The predicted octanol–water partition coefficient (Wildman–Crippen LogP) is 0.765. The van der Waals surface area contributed by atoms with Gasteiger partial charge < -0.3 is 14.8 Å². The number of rotatable bonds is 7.